The summed E-state index contributed by atoms with van der Waals surface area (Å²) in [5.74, 6) is -2.00. The Labute approximate surface area is 212 Å². The molecule has 0 aliphatic carbocycles. The van der Waals surface area contributed by atoms with E-state index in [0.29, 0.717) is 17.7 Å². The monoisotopic (exact) mass is 552 g/mol. The van der Waals surface area contributed by atoms with E-state index in [1.54, 1.807) is 12.3 Å². The Kier molecular flexibility index (Phi) is 8.84. The number of halogens is 4. The zero-order valence-corrected chi connectivity index (χ0v) is 21.5. The van der Waals surface area contributed by atoms with Gasteiger partial charge in [0.25, 0.3) is 5.91 Å². The van der Waals surface area contributed by atoms with Crippen molar-refractivity contribution in [1.29, 1.82) is 0 Å². The highest BCUT2D eigenvalue weighted by molar-refractivity contribution is 9.10. The fourth-order valence-corrected chi connectivity index (χ4v) is 5.12. The van der Waals surface area contributed by atoms with Gasteiger partial charge in [-0.3, -0.25) is 9.48 Å². The van der Waals surface area contributed by atoms with Crippen molar-refractivity contribution in [1.82, 2.24) is 20.4 Å². The van der Waals surface area contributed by atoms with Gasteiger partial charge in [0, 0.05) is 36.7 Å². The van der Waals surface area contributed by atoms with Gasteiger partial charge in [-0.15, -0.1) is 12.4 Å². The smallest absolute Gasteiger partial charge is 0.251 e. The normalized spacial score (nSPS) is 17.8. The molecule has 0 unspecified atom stereocenters. The van der Waals surface area contributed by atoms with Crippen molar-refractivity contribution >= 4 is 34.2 Å². The average Bonchev–Trinajstić information content (AvgIpc) is 3.14. The van der Waals surface area contributed by atoms with Gasteiger partial charge in [0.05, 0.1) is 16.4 Å². The first-order chi connectivity index (χ1) is 15.9. The second kappa shape index (κ2) is 11.4. The molecule has 2 atom stereocenters. The first-order valence-corrected chi connectivity index (χ1v) is 12.0. The SMILES string of the molecule is CCCc1cc(C(=O)N[C@@H]2CNCC[C@H]2c2ccc(F)c(F)c2)ccc1-c1c(Br)cnn1C.Cl. The number of nitrogens with zero attached hydrogens (tertiary/aromatic N) is 2. The number of nitrogens with one attached hydrogen (secondary N) is 2. The zero-order chi connectivity index (χ0) is 23.5. The highest BCUT2D eigenvalue weighted by Crippen LogP contribution is 2.32. The lowest BCUT2D eigenvalue weighted by Crippen LogP contribution is -2.50. The lowest BCUT2D eigenvalue weighted by atomic mass is 9.85. The molecule has 0 bridgehead atoms. The third kappa shape index (κ3) is 5.50. The summed E-state index contributed by atoms with van der Waals surface area (Å²) in [5.41, 5.74) is 4.37. The van der Waals surface area contributed by atoms with Crippen LogP contribution in [-0.4, -0.2) is 34.8 Å². The van der Waals surface area contributed by atoms with Gasteiger partial charge in [0.15, 0.2) is 11.6 Å². The summed E-state index contributed by atoms with van der Waals surface area (Å²) in [4.78, 5) is 13.2. The molecule has 0 spiro atoms. The van der Waals surface area contributed by atoms with E-state index in [-0.39, 0.29) is 30.3 Å². The summed E-state index contributed by atoms with van der Waals surface area (Å²) in [7, 11) is 1.89. The molecular formula is C25H28BrClF2N4O. The van der Waals surface area contributed by atoms with Gasteiger partial charge in [0.2, 0.25) is 0 Å². The Bertz CT molecular complexity index is 1150. The van der Waals surface area contributed by atoms with Crippen LogP contribution in [0.15, 0.2) is 47.1 Å². The van der Waals surface area contributed by atoms with Crippen LogP contribution in [-0.2, 0) is 13.5 Å². The average molecular weight is 554 g/mol. The number of carbonyl (C=O) groups excluding carboxylic acids is 1. The van der Waals surface area contributed by atoms with Crippen LogP contribution in [0.2, 0.25) is 0 Å². The van der Waals surface area contributed by atoms with Crippen molar-refractivity contribution in [3.63, 3.8) is 0 Å². The minimum absolute atomic E-state index is 0. The number of benzene rings is 2. The van der Waals surface area contributed by atoms with Crippen molar-refractivity contribution < 1.29 is 13.6 Å². The first-order valence-electron chi connectivity index (χ1n) is 11.2. The van der Waals surface area contributed by atoms with E-state index < -0.39 is 11.6 Å². The van der Waals surface area contributed by atoms with Gasteiger partial charge < -0.3 is 10.6 Å². The fourth-order valence-electron chi connectivity index (χ4n) is 4.56. The highest BCUT2D eigenvalue weighted by Gasteiger charge is 2.29. The summed E-state index contributed by atoms with van der Waals surface area (Å²) in [6, 6.07) is 9.50. The molecule has 0 saturated carbocycles. The van der Waals surface area contributed by atoms with Gasteiger partial charge in [-0.05, 0) is 70.7 Å². The van der Waals surface area contributed by atoms with Gasteiger partial charge in [0.1, 0.15) is 0 Å². The quantitative estimate of drug-likeness (QED) is 0.431. The van der Waals surface area contributed by atoms with Crippen LogP contribution in [0.5, 0.6) is 0 Å². The van der Waals surface area contributed by atoms with E-state index in [1.807, 2.05) is 29.9 Å². The largest absolute Gasteiger partial charge is 0.347 e. The van der Waals surface area contributed by atoms with Crippen LogP contribution < -0.4 is 10.6 Å². The summed E-state index contributed by atoms with van der Waals surface area (Å²) < 4.78 is 30.0. The van der Waals surface area contributed by atoms with Crippen LogP contribution in [0, 0.1) is 11.6 Å². The minimum atomic E-state index is -0.864. The van der Waals surface area contributed by atoms with Crippen molar-refractivity contribution in [3.05, 3.63) is 75.4 Å². The Hall–Kier alpha value is -2.29. The van der Waals surface area contributed by atoms with Gasteiger partial charge in [-0.25, -0.2) is 8.78 Å². The van der Waals surface area contributed by atoms with Crippen LogP contribution in [0.3, 0.4) is 0 Å². The van der Waals surface area contributed by atoms with Gasteiger partial charge >= 0.3 is 0 Å². The van der Waals surface area contributed by atoms with E-state index in [1.165, 1.54) is 6.07 Å². The number of hydrogen-bond acceptors (Lipinski definition) is 3. The van der Waals surface area contributed by atoms with Crippen LogP contribution in [0.1, 0.15) is 47.2 Å². The van der Waals surface area contributed by atoms with E-state index in [0.717, 1.165) is 53.2 Å². The molecule has 1 aliphatic heterocycles. The highest BCUT2D eigenvalue weighted by atomic mass is 79.9. The third-order valence-electron chi connectivity index (χ3n) is 6.21. The Morgan fingerprint density at radius 3 is 2.71 bits per heavy atom. The number of amides is 1. The molecule has 9 heteroatoms. The van der Waals surface area contributed by atoms with E-state index in [4.69, 9.17) is 0 Å². The Morgan fingerprint density at radius 1 is 1.24 bits per heavy atom. The molecule has 2 aromatic carbocycles. The number of aromatic nitrogens is 2. The maximum Gasteiger partial charge on any atom is 0.251 e. The topological polar surface area (TPSA) is 59.0 Å². The molecule has 1 fully saturated rings. The molecule has 1 aliphatic rings. The number of hydrogen-bond donors (Lipinski definition) is 2. The predicted octanol–water partition coefficient (Wildman–Crippen LogP) is 5.38. The molecule has 3 aromatic rings. The van der Waals surface area contributed by atoms with E-state index >= 15 is 0 Å². The van der Waals surface area contributed by atoms with Crippen molar-refractivity contribution in [2.24, 2.45) is 7.05 Å². The summed E-state index contributed by atoms with van der Waals surface area (Å²) in [6.07, 6.45) is 4.26. The molecule has 2 heterocycles. The second-order valence-electron chi connectivity index (χ2n) is 8.44. The third-order valence-corrected chi connectivity index (χ3v) is 6.79. The lowest BCUT2D eigenvalue weighted by Gasteiger charge is -2.33. The number of aryl methyl sites for hydroxylation is 2. The standard InChI is InChI=1S/C25H27BrF2N4O.ClH/c1-3-4-15-11-17(5-7-19(15)24-20(26)13-30-32(24)2)25(33)31-23-14-29-10-9-18(23)16-6-8-21(27)22(28)12-16;/h5-8,11-13,18,23,29H,3-4,9-10,14H2,1-2H3,(H,31,33);1H/t18-,23+;/m0./s1. The number of rotatable bonds is 6. The first kappa shape index (κ1) is 26.3. The fraction of sp³-hybridized carbons (Fsp3) is 0.360. The predicted molar refractivity (Wildman–Crippen MR) is 135 cm³/mol. The van der Waals surface area contributed by atoms with Crippen LogP contribution >= 0.6 is 28.3 Å². The lowest BCUT2D eigenvalue weighted by molar-refractivity contribution is 0.0924. The Morgan fingerprint density at radius 2 is 2.03 bits per heavy atom. The number of piperidine rings is 1. The van der Waals surface area contributed by atoms with E-state index in [2.05, 4.69) is 38.6 Å². The van der Waals surface area contributed by atoms with Gasteiger partial charge in [-0.1, -0.05) is 25.5 Å². The molecule has 1 saturated heterocycles. The molecule has 34 heavy (non-hydrogen) atoms. The molecule has 4 rings (SSSR count). The van der Waals surface area contributed by atoms with Gasteiger partial charge in [-0.2, -0.15) is 5.10 Å². The zero-order valence-electron chi connectivity index (χ0n) is 19.1. The maximum absolute atomic E-state index is 13.8. The number of carbonyl (C=O) groups is 1. The maximum atomic E-state index is 13.8. The summed E-state index contributed by atoms with van der Waals surface area (Å²) >= 11 is 3.57. The van der Waals surface area contributed by atoms with E-state index in [9.17, 15) is 13.6 Å². The molecule has 1 amide bonds. The molecular weight excluding hydrogens is 526 g/mol. The summed E-state index contributed by atoms with van der Waals surface area (Å²) in [6.45, 7) is 3.43. The minimum Gasteiger partial charge on any atom is -0.347 e. The van der Waals surface area contributed by atoms with Crippen LogP contribution in [0.4, 0.5) is 8.78 Å². The molecule has 2 N–H and O–H groups in total. The molecule has 182 valence electrons. The van der Waals surface area contributed by atoms with Crippen molar-refractivity contribution in [2.75, 3.05) is 13.1 Å². The Balaban J connectivity index is 0.00000324. The van der Waals surface area contributed by atoms with Crippen molar-refractivity contribution in [3.8, 4) is 11.3 Å². The second-order valence-corrected chi connectivity index (χ2v) is 9.29. The summed E-state index contributed by atoms with van der Waals surface area (Å²) in [5, 5.41) is 10.7. The van der Waals surface area contributed by atoms with Crippen LogP contribution in [0.25, 0.3) is 11.3 Å². The van der Waals surface area contributed by atoms with Crippen molar-refractivity contribution in [2.45, 2.75) is 38.1 Å². The molecule has 5 nitrogen and oxygen atoms in total. The molecule has 0 radical (unpaired) electrons. The molecule has 1 aromatic heterocycles.